The standard InChI is InChI=1S/C20H20Cl2N2O2/c1-3-4-19-24-18(15-9-13(21)10-16(22)20(15)26-19)11-17(23-24)12-5-7-14(25-2)8-6-12/h5-10,18-19H,3-4,11H2,1-2H3/t18-,19+/m1/s1. The average molecular weight is 391 g/mol. The largest absolute Gasteiger partial charge is 0.497 e. The van der Waals surface area contributed by atoms with Crippen LogP contribution < -0.4 is 9.47 Å². The Labute approximate surface area is 163 Å². The van der Waals surface area contributed by atoms with Crippen molar-refractivity contribution in [2.45, 2.75) is 38.5 Å². The number of hydrogen-bond donors (Lipinski definition) is 0. The number of halogens is 2. The van der Waals surface area contributed by atoms with E-state index in [0.29, 0.717) is 10.0 Å². The highest BCUT2D eigenvalue weighted by molar-refractivity contribution is 6.35. The van der Waals surface area contributed by atoms with Crippen LogP contribution in [0.25, 0.3) is 0 Å². The number of benzene rings is 2. The minimum absolute atomic E-state index is 0.0867. The lowest BCUT2D eigenvalue weighted by molar-refractivity contribution is -0.0222. The molecule has 2 aromatic carbocycles. The first kappa shape index (κ1) is 17.5. The SMILES string of the molecule is CCC[C@@H]1Oc2c(Cl)cc(Cl)cc2[C@H]2CC(c3ccc(OC)cc3)=NN12. The van der Waals surface area contributed by atoms with Crippen LogP contribution in [0.3, 0.4) is 0 Å². The summed E-state index contributed by atoms with van der Waals surface area (Å²) in [6.45, 7) is 2.14. The molecule has 0 spiro atoms. The van der Waals surface area contributed by atoms with Crippen molar-refractivity contribution in [3.63, 3.8) is 0 Å². The predicted molar refractivity (Wildman–Crippen MR) is 105 cm³/mol. The minimum Gasteiger partial charge on any atom is -0.497 e. The van der Waals surface area contributed by atoms with Gasteiger partial charge in [0.2, 0.25) is 0 Å². The number of hydrazone groups is 1. The molecule has 26 heavy (non-hydrogen) atoms. The van der Waals surface area contributed by atoms with E-state index in [1.165, 1.54) is 0 Å². The lowest BCUT2D eigenvalue weighted by atomic mass is 9.96. The van der Waals surface area contributed by atoms with Crippen molar-refractivity contribution in [3.8, 4) is 11.5 Å². The molecule has 136 valence electrons. The van der Waals surface area contributed by atoms with Gasteiger partial charge in [-0.25, -0.2) is 0 Å². The van der Waals surface area contributed by atoms with Gasteiger partial charge in [-0.15, -0.1) is 0 Å². The fourth-order valence-electron chi connectivity index (χ4n) is 3.58. The molecule has 0 fully saturated rings. The number of rotatable bonds is 4. The van der Waals surface area contributed by atoms with Gasteiger partial charge in [-0.3, -0.25) is 5.01 Å². The van der Waals surface area contributed by atoms with Gasteiger partial charge in [0.05, 0.1) is 23.9 Å². The van der Waals surface area contributed by atoms with Crippen LogP contribution in [0.2, 0.25) is 10.0 Å². The molecule has 0 amide bonds. The quantitative estimate of drug-likeness (QED) is 0.673. The van der Waals surface area contributed by atoms with E-state index in [4.69, 9.17) is 37.8 Å². The molecule has 0 bridgehead atoms. The Morgan fingerprint density at radius 3 is 2.69 bits per heavy atom. The summed E-state index contributed by atoms with van der Waals surface area (Å²) in [4.78, 5) is 0. The molecule has 0 saturated carbocycles. The zero-order chi connectivity index (χ0) is 18.3. The summed E-state index contributed by atoms with van der Waals surface area (Å²) in [6.07, 6.45) is 2.56. The van der Waals surface area contributed by atoms with Crippen LogP contribution in [0.15, 0.2) is 41.5 Å². The average Bonchev–Trinajstić information content (AvgIpc) is 3.09. The molecule has 0 aliphatic carbocycles. The van der Waals surface area contributed by atoms with E-state index in [1.807, 2.05) is 30.3 Å². The zero-order valence-electron chi connectivity index (χ0n) is 14.7. The van der Waals surface area contributed by atoms with Crippen molar-refractivity contribution in [1.29, 1.82) is 0 Å². The summed E-state index contributed by atoms with van der Waals surface area (Å²) in [7, 11) is 1.67. The highest BCUT2D eigenvalue weighted by Gasteiger charge is 2.40. The molecule has 4 nitrogen and oxygen atoms in total. The van der Waals surface area contributed by atoms with Crippen LogP contribution in [0.5, 0.6) is 11.5 Å². The number of nitrogens with zero attached hydrogens (tertiary/aromatic N) is 2. The van der Waals surface area contributed by atoms with Gasteiger partial charge in [-0.2, -0.15) is 5.10 Å². The van der Waals surface area contributed by atoms with Crippen LogP contribution in [0.4, 0.5) is 0 Å². The second-order valence-electron chi connectivity index (χ2n) is 6.54. The van der Waals surface area contributed by atoms with Crippen molar-refractivity contribution < 1.29 is 9.47 Å². The first-order valence-electron chi connectivity index (χ1n) is 8.76. The lowest BCUT2D eigenvalue weighted by Crippen LogP contribution is -2.40. The van der Waals surface area contributed by atoms with Crippen molar-refractivity contribution in [2.24, 2.45) is 5.10 Å². The maximum absolute atomic E-state index is 6.41. The molecule has 4 rings (SSSR count). The Balaban J connectivity index is 1.72. The molecule has 6 heteroatoms. The van der Waals surface area contributed by atoms with Gasteiger partial charge in [0, 0.05) is 23.4 Å². The molecule has 0 aromatic heterocycles. The van der Waals surface area contributed by atoms with E-state index in [9.17, 15) is 0 Å². The molecule has 0 unspecified atom stereocenters. The van der Waals surface area contributed by atoms with E-state index < -0.39 is 0 Å². The van der Waals surface area contributed by atoms with Gasteiger partial charge in [0.1, 0.15) is 11.5 Å². The Kier molecular flexibility index (Phi) is 4.72. The first-order valence-corrected chi connectivity index (χ1v) is 9.52. The van der Waals surface area contributed by atoms with Gasteiger partial charge < -0.3 is 9.47 Å². The molecule has 0 N–H and O–H groups in total. The summed E-state index contributed by atoms with van der Waals surface area (Å²) in [5, 5.41) is 8.14. The predicted octanol–water partition coefficient (Wildman–Crippen LogP) is 5.67. The van der Waals surface area contributed by atoms with Gasteiger partial charge in [-0.1, -0.05) is 36.5 Å². The fraction of sp³-hybridized carbons (Fsp3) is 0.350. The third-order valence-corrected chi connectivity index (χ3v) is 5.35. The van der Waals surface area contributed by atoms with Crippen molar-refractivity contribution >= 4 is 28.9 Å². The van der Waals surface area contributed by atoms with Crippen LogP contribution in [-0.2, 0) is 0 Å². The van der Waals surface area contributed by atoms with Gasteiger partial charge in [0.25, 0.3) is 0 Å². The maximum Gasteiger partial charge on any atom is 0.187 e. The number of ether oxygens (including phenoxy) is 2. The molecule has 0 radical (unpaired) electrons. The molecule has 2 aromatic rings. The Bertz CT molecular complexity index is 852. The van der Waals surface area contributed by atoms with E-state index in [1.54, 1.807) is 13.2 Å². The molecule has 2 aliphatic rings. The van der Waals surface area contributed by atoms with E-state index in [2.05, 4.69) is 11.9 Å². The fourth-order valence-corrected chi connectivity index (χ4v) is 4.14. The normalized spacial score (nSPS) is 20.9. The third-order valence-electron chi connectivity index (χ3n) is 4.85. The summed E-state index contributed by atoms with van der Waals surface area (Å²) >= 11 is 12.7. The van der Waals surface area contributed by atoms with Gasteiger partial charge in [0.15, 0.2) is 6.23 Å². The van der Waals surface area contributed by atoms with Crippen LogP contribution in [-0.4, -0.2) is 24.1 Å². The summed E-state index contributed by atoms with van der Waals surface area (Å²) in [5.41, 5.74) is 3.12. The van der Waals surface area contributed by atoms with Crippen molar-refractivity contribution in [3.05, 3.63) is 57.6 Å². The third kappa shape index (κ3) is 3.01. The molecule has 0 saturated heterocycles. The maximum atomic E-state index is 6.41. The summed E-state index contributed by atoms with van der Waals surface area (Å²) < 4.78 is 11.4. The van der Waals surface area contributed by atoms with Crippen LogP contribution in [0, 0.1) is 0 Å². The molecular weight excluding hydrogens is 371 g/mol. The van der Waals surface area contributed by atoms with E-state index in [-0.39, 0.29) is 12.3 Å². The number of hydrogen-bond acceptors (Lipinski definition) is 4. The molecular formula is C20H20Cl2N2O2. The topological polar surface area (TPSA) is 34.1 Å². The first-order chi connectivity index (χ1) is 12.6. The zero-order valence-corrected chi connectivity index (χ0v) is 16.2. The number of methoxy groups -OCH3 is 1. The second-order valence-corrected chi connectivity index (χ2v) is 7.39. The molecule has 2 heterocycles. The lowest BCUT2D eigenvalue weighted by Gasteiger charge is -2.38. The second kappa shape index (κ2) is 7.01. The molecule has 2 aliphatic heterocycles. The minimum atomic E-state index is -0.119. The van der Waals surface area contributed by atoms with Crippen LogP contribution >= 0.6 is 23.2 Å². The highest BCUT2D eigenvalue weighted by Crippen LogP contribution is 2.47. The number of fused-ring (bicyclic) bond motifs is 3. The Morgan fingerprint density at radius 2 is 2.00 bits per heavy atom. The summed E-state index contributed by atoms with van der Waals surface area (Å²) in [6, 6.07) is 11.8. The van der Waals surface area contributed by atoms with Crippen LogP contribution in [0.1, 0.15) is 43.4 Å². The highest BCUT2D eigenvalue weighted by atomic mass is 35.5. The smallest absolute Gasteiger partial charge is 0.187 e. The van der Waals surface area contributed by atoms with Crippen molar-refractivity contribution in [1.82, 2.24) is 5.01 Å². The Morgan fingerprint density at radius 1 is 1.23 bits per heavy atom. The van der Waals surface area contributed by atoms with Gasteiger partial charge in [-0.05, 0) is 42.0 Å². The molecule has 2 atom stereocenters. The monoisotopic (exact) mass is 390 g/mol. The van der Waals surface area contributed by atoms with E-state index >= 15 is 0 Å². The van der Waals surface area contributed by atoms with Crippen molar-refractivity contribution in [2.75, 3.05) is 7.11 Å². The van der Waals surface area contributed by atoms with Gasteiger partial charge >= 0.3 is 0 Å². The summed E-state index contributed by atoms with van der Waals surface area (Å²) in [5.74, 6) is 1.57. The van der Waals surface area contributed by atoms with E-state index in [0.717, 1.165) is 47.6 Å². The Hall–Kier alpha value is -1.91.